The summed E-state index contributed by atoms with van der Waals surface area (Å²) < 4.78 is 0. The van der Waals surface area contributed by atoms with E-state index >= 15 is 0 Å². The Balaban J connectivity index is 1.48. The molecule has 20 heavy (non-hydrogen) atoms. The third kappa shape index (κ3) is 2.85. The third-order valence-electron chi connectivity index (χ3n) is 3.71. The zero-order chi connectivity index (χ0) is 13.8. The molecule has 104 valence electrons. The zero-order valence-electron chi connectivity index (χ0n) is 11.6. The molecule has 0 amide bonds. The van der Waals surface area contributed by atoms with E-state index in [4.69, 9.17) is 0 Å². The molecule has 1 aliphatic rings. The lowest BCUT2D eigenvalue weighted by molar-refractivity contribution is 0.584. The lowest BCUT2D eigenvalue weighted by atomic mass is 9.78. The molecule has 1 atom stereocenters. The Bertz CT molecular complexity index is 590. The highest BCUT2D eigenvalue weighted by molar-refractivity contribution is 7.09. The van der Waals surface area contributed by atoms with Gasteiger partial charge in [-0.15, -0.1) is 11.3 Å². The van der Waals surface area contributed by atoms with Gasteiger partial charge in [0.1, 0.15) is 0 Å². The summed E-state index contributed by atoms with van der Waals surface area (Å²) in [5, 5.41) is 8.86. The van der Waals surface area contributed by atoms with Gasteiger partial charge in [-0.2, -0.15) is 0 Å². The van der Waals surface area contributed by atoms with Gasteiger partial charge >= 0.3 is 0 Å². The van der Waals surface area contributed by atoms with E-state index in [1.165, 1.54) is 22.4 Å². The highest BCUT2D eigenvalue weighted by Crippen LogP contribution is 2.33. The molecule has 0 radical (unpaired) electrons. The van der Waals surface area contributed by atoms with Crippen molar-refractivity contribution < 1.29 is 0 Å². The quantitative estimate of drug-likeness (QED) is 0.669. The molecule has 4 heteroatoms. The summed E-state index contributed by atoms with van der Waals surface area (Å²) in [7, 11) is 1.82. The SMILES string of the molecule is CN=C(NCc1cccs1)NCC1Cc2ccccc21. The van der Waals surface area contributed by atoms with Crippen LogP contribution in [0.2, 0.25) is 0 Å². The van der Waals surface area contributed by atoms with Crippen LogP contribution in [-0.2, 0) is 13.0 Å². The van der Waals surface area contributed by atoms with E-state index in [2.05, 4.69) is 57.4 Å². The predicted molar refractivity (Wildman–Crippen MR) is 85.4 cm³/mol. The van der Waals surface area contributed by atoms with Gasteiger partial charge < -0.3 is 10.6 Å². The van der Waals surface area contributed by atoms with Gasteiger partial charge in [-0.05, 0) is 29.0 Å². The van der Waals surface area contributed by atoms with Crippen LogP contribution >= 0.6 is 11.3 Å². The largest absolute Gasteiger partial charge is 0.356 e. The molecule has 0 spiro atoms. The average Bonchev–Trinajstić information content (AvgIpc) is 2.96. The summed E-state index contributed by atoms with van der Waals surface area (Å²) in [6.07, 6.45) is 1.17. The first-order valence-electron chi connectivity index (χ1n) is 6.91. The summed E-state index contributed by atoms with van der Waals surface area (Å²) in [6, 6.07) is 12.9. The van der Waals surface area contributed by atoms with Gasteiger partial charge in [0.2, 0.25) is 0 Å². The second kappa shape index (κ2) is 6.09. The van der Waals surface area contributed by atoms with Crippen LogP contribution in [0.5, 0.6) is 0 Å². The van der Waals surface area contributed by atoms with Crippen molar-refractivity contribution in [3.05, 3.63) is 57.8 Å². The number of rotatable bonds is 4. The van der Waals surface area contributed by atoms with Crippen LogP contribution in [0.4, 0.5) is 0 Å². The van der Waals surface area contributed by atoms with Gasteiger partial charge in [0, 0.05) is 24.4 Å². The van der Waals surface area contributed by atoms with E-state index in [1.54, 1.807) is 11.3 Å². The number of benzene rings is 1. The number of aliphatic imine (C=N–C) groups is 1. The van der Waals surface area contributed by atoms with E-state index in [0.29, 0.717) is 5.92 Å². The number of guanidine groups is 1. The van der Waals surface area contributed by atoms with Crippen LogP contribution in [0, 0.1) is 0 Å². The maximum atomic E-state index is 4.27. The molecular formula is C16H19N3S. The summed E-state index contributed by atoms with van der Waals surface area (Å²) in [6.45, 7) is 1.78. The van der Waals surface area contributed by atoms with E-state index in [0.717, 1.165) is 19.0 Å². The average molecular weight is 285 g/mol. The van der Waals surface area contributed by atoms with Gasteiger partial charge in [-0.3, -0.25) is 4.99 Å². The standard InChI is InChI=1S/C16H19N3S/c1-17-16(19-11-14-6-4-8-20-14)18-10-13-9-12-5-2-3-7-15(12)13/h2-8,13H,9-11H2,1H3,(H2,17,18,19). The van der Waals surface area contributed by atoms with Crippen molar-refractivity contribution in [1.29, 1.82) is 0 Å². The topological polar surface area (TPSA) is 36.4 Å². The molecule has 1 aromatic heterocycles. The monoisotopic (exact) mass is 285 g/mol. The lowest BCUT2D eigenvalue weighted by Gasteiger charge is -2.30. The van der Waals surface area contributed by atoms with E-state index in [1.807, 2.05) is 7.05 Å². The van der Waals surface area contributed by atoms with Crippen molar-refractivity contribution in [3.8, 4) is 0 Å². The molecule has 0 aliphatic heterocycles. The Kier molecular flexibility index (Phi) is 4.02. The number of nitrogens with one attached hydrogen (secondary N) is 2. The van der Waals surface area contributed by atoms with Crippen molar-refractivity contribution in [2.75, 3.05) is 13.6 Å². The van der Waals surface area contributed by atoms with Crippen molar-refractivity contribution in [2.45, 2.75) is 18.9 Å². The molecular weight excluding hydrogens is 266 g/mol. The summed E-state index contributed by atoms with van der Waals surface area (Å²) >= 11 is 1.76. The molecule has 0 saturated heterocycles. The summed E-state index contributed by atoms with van der Waals surface area (Å²) in [5.74, 6) is 1.49. The minimum atomic E-state index is 0.617. The van der Waals surface area contributed by atoms with Gasteiger partial charge in [-0.25, -0.2) is 0 Å². The second-order valence-corrected chi connectivity index (χ2v) is 6.02. The fraction of sp³-hybridized carbons (Fsp3) is 0.312. The van der Waals surface area contributed by atoms with Gasteiger partial charge in [0.05, 0.1) is 6.54 Å². The second-order valence-electron chi connectivity index (χ2n) is 4.99. The third-order valence-corrected chi connectivity index (χ3v) is 4.59. The molecule has 2 aromatic rings. The Morgan fingerprint density at radius 3 is 2.90 bits per heavy atom. The van der Waals surface area contributed by atoms with Crippen molar-refractivity contribution in [3.63, 3.8) is 0 Å². The Morgan fingerprint density at radius 2 is 2.15 bits per heavy atom. The Hall–Kier alpha value is -1.81. The zero-order valence-corrected chi connectivity index (χ0v) is 12.4. The maximum Gasteiger partial charge on any atom is 0.191 e. The number of hydrogen-bond donors (Lipinski definition) is 2. The molecule has 1 unspecified atom stereocenters. The molecule has 1 aromatic carbocycles. The number of thiophene rings is 1. The first-order valence-corrected chi connectivity index (χ1v) is 7.79. The van der Waals surface area contributed by atoms with Gasteiger partial charge in [-0.1, -0.05) is 30.3 Å². The van der Waals surface area contributed by atoms with Crippen LogP contribution in [-0.4, -0.2) is 19.6 Å². The van der Waals surface area contributed by atoms with Gasteiger partial charge in [0.15, 0.2) is 5.96 Å². The normalized spacial score (nSPS) is 17.2. The number of fused-ring (bicyclic) bond motifs is 1. The Morgan fingerprint density at radius 1 is 1.25 bits per heavy atom. The highest BCUT2D eigenvalue weighted by Gasteiger charge is 2.25. The minimum absolute atomic E-state index is 0.617. The molecule has 0 bridgehead atoms. The first-order chi connectivity index (χ1) is 9.86. The molecule has 2 N–H and O–H groups in total. The minimum Gasteiger partial charge on any atom is -0.356 e. The molecule has 3 rings (SSSR count). The van der Waals surface area contributed by atoms with Crippen LogP contribution in [0.25, 0.3) is 0 Å². The van der Waals surface area contributed by atoms with Crippen LogP contribution in [0.3, 0.4) is 0 Å². The summed E-state index contributed by atoms with van der Waals surface area (Å²) in [4.78, 5) is 5.59. The molecule has 0 fully saturated rings. The van der Waals surface area contributed by atoms with Crippen molar-refractivity contribution in [1.82, 2.24) is 10.6 Å². The molecule has 1 heterocycles. The molecule has 3 nitrogen and oxygen atoms in total. The Labute approximate surface area is 123 Å². The fourth-order valence-corrected chi connectivity index (χ4v) is 3.21. The maximum absolute atomic E-state index is 4.27. The van der Waals surface area contributed by atoms with E-state index in [-0.39, 0.29) is 0 Å². The number of hydrogen-bond acceptors (Lipinski definition) is 2. The van der Waals surface area contributed by atoms with E-state index < -0.39 is 0 Å². The first kappa shape index (κ1) is 13.2. The van der Waals surface area contributed by atoms with Crippen molar-refractivity contribution >= 4 is 17.3 Å². The van der Waals surface area contributed by atoms with E-state index in [9.17, 15) is 0 Å². The molecule has 0 saturated carbocycles. The fourth-order valence-electron chi connectivity index (χ4n) is 2.57. The van der Waals surface area contributed by atoms with Crippen molar-refractivity contribution in [2.24, 2.45) is 4.99 Å². The van der Waals surface area contributed by atoms with Crippen LogP contribution < -0.4 is 10.6 Å². The number of nitrogens with zero attached hydrogens (tertiary/aromatic N) is 1. The predicted octanol–water partition coefficient (Wildman–Crippen LogP) is 2.75. The highest BCUT2D eigenvalue weighted by atomic mass is 32.1. The summed E-state index contributed by atoms with van der Waals surface area (Å²) in [5.41, 5.74) is 2.97. The lowest BCUT2D eigenvalue weighted by Crippen LogP contribution is -2.40. The van der Waals surface area contributed by atoms with Gasteiger partial charge in [0.25, 0.3) is 0 Å². The van der Waals surface area contributed by atoms with Crippen LogP contribution in [0.1, 0.15) is 21.9 Å². The van der Waals surface area contributed by atoms with Crippen LogP contribution in [0.15, 0.2) is 46.8 Å². The molecule has 1 aliphatic carbocycles. The smallest absolute Gasteiger partial charge is 0.191 e.